The molecule has 38 heavy (non-hydrogen) atoms. The average molecular weight is 525 g/mol. The molecule has 2 aromatic heterocycles. The number of benzene rings is 2. The maximum atomic E-state index is 13.5. The first-order valence-corrected chi connectivity index (χ1v) is 12.3. The normalized spacial score (nSPS) is 14.1. The van der Waals surface area contributed by atoms with Crippen molar-refractivity contribution in [2.45, 2.75) is 25.4 Å². The molecule has 1 fully saturated rings. The number of halogens is 3. The second-order valence-corrected chi connectivity index (χ2v) is 9.10. The van der Waals surface area contributed by atoms with Crippen LogP contribution in [0.25, 0.3) is 16.9 Å². The summed E-state index contributed by atoms with van der Waals surface area (Å²) in [6.45, 7) is 2.62. The first kappa shape index (κ1) is 25.5. The van der Waals surface area contributed by atoms with Gasteiger partial charge >= 0.3 is 12.2 Å². The Morgan fingerprint density at radius 2 is 1.71 bits per heavy atom. The molecule has 5 rings (SSSR count). The number of anilines is 3. The molecule has 0 bridgehead atoms. The molecule has 3 N–H and O–H groups in total. The Balaban J connectivity index is 1.28. The minimum absolute atomic E-state index is 0.0928. The molecule has 198 valence electrons. The van der Waals surface area contributed by atoms with E-state index in [0.717, 1.165) is 43.8 Å². The van der Waals surface area contributed by atoms with Crippen LogP contribution in [0.4, 0.5) is 35.2 Å². The van der Waals surface area contributed by atoms with E-state index in [2.05, 4.69) is 35.8 Å². The molecule has 0 aliphatic carbocycles. The van der Waals surface area contributed by atoms with Crippen molar-refractivity contribution in [1.82, 2.24) is 24.4 Å². The van der Waals surface area contributed by atoms with Crippen LogP contribution < -0.4 is 16.0 Å². The number of nitrogens with one attached hydrogen (secondary N) is 3. The molecule has 0 saturated carbocycles. The Labute approximate surface area is 217 Å². The quantitative estimate of drug-likeness (QED) is 0.309. The molecule has 3 heterocycles. The molecule has 0 atom stereocenters. The van der Waals surface area contributed by atoms with Crippen LogP contribution >= 0.6 is 0 Å². The fourth-order valence-electron chi connectivity index (χ4n) is 4.57. The van der Waals surface area contributed by atoms with Gasteiger partial charge in [0.2, 0.25) is 0 Å². The van der Waals surface area contributed by atoms with E-state index in [-0.39, 0.29) is 5.69 Å². The molecular weight excluding hydrogens is 497 g/mol. The summed E-state index contributed by atoms with van der Waals surface area (Å²) in [7, 11) is 1.75. The lowest BCUT2D eigenvalue weighted by Gasteiger charge is -2.17. The number of rotatable bonds is 7. The van der Waals surface area contributed by atoms with E-state index in [9.17, 15) is 18.0 Å². The molecule has 0 spiro atoms. The fraction of sp³-hybridized carbons (Fsp3) is 0.308. The van der Waals surface area contributed by atoms with Gasteiger partial charge in [0.1, 0.15) is 12.7 Å². The van der Waals surface area contributed by atoms with Crippen molar-refractivity contribution in [3.63, 3.8) is 0 Å². The van der Waals surface area contributed by atoms with Gasteiger partial charge in [-0.3, -0.25) is 4.57 Å². The predicted octanol–water partition coefficient (Wildman–Crippen LogP) is 5.16. The molecule has 0 radical (unpaired) electrons. The van der Waals surface area contributed by atoms with Gasteiger partial charge in [-0.1, -0.05) is 0 Å². The lowest BCUT2D eigenvalue weighted by molar-refractivity contribution is -0.137. The van der Waals surface area contributed by atoms with Crippen molar-refractivity contribution >= 4 is 34.4 Å². The van der Waals surface area contributed by atoms with E-state index in [1.807, 2.05) is 0 Å². The Hall–Kier alpha value is -4.19. The van der Waals surface area contributed by atoms with E-state index in [0.29, 0.717) is 41.2 Å². The van der Waals surface area contributed by atoms with Crippen molar-refractivity contribution in [2.24, 2.45) is 0 Å². The molecule has 1 saturated heterocycles. The summed E-state index contributed by atoms with van der Waals surface area (Å²) < 4.78 is 42.3. The number of carbonyl (C=O) groups excluding carboxylic acids is 1. The first-order chi connectivity index (χ1) is 18.3. The number of aromatic nitrogens is 4. The number of hydrogen-bond donors (Lipinski definition) is 3. The summed E-state index contributed by atoms with van der Waals surface area (Å²) in [5.74, 6) is 0.609. The summed E-state index contributed by atoms with van der Waals surface area (Å²) in [6.07, 6.45) is 1.26. The van der Waals surface area contributed by atoms with Gasteiger partial charge in [0.25, 0.3) is 0 Å². The van der Waals surface area contributed by atoms with Gasteiger partial charge in [0.15, 0.2) is 17.0 Å². The summed E-state index contributed by atoms with van der Waals surface area (Å²) in [5, 5.41) is 8.19. The maximum absolute atomic E-state index is 13.5. The summed E-state index contributed by atoms with van der Waals surface area (Å²) >= 11 is 0. The van der Waals surface area contributed by atoms with Gasteiger partial charge in [-0.2, -0.15) is 13.2 Å². The number of imidazole rings is 1. The third-order valence-corrected chi connectivity index (χ3v) is 6.47. The molecule has 0 unspecified atom stereocenters. The Morgan fingerprint density at radius 1 is 0.974 bits per heavy atom. The third kappa shape index (κ3) is 5.70. The van der Waals surface area contributed by atoms with Crippen LogP contribution in [0.1, 0.15) is 24.0 Å². The molecule has 1 aliphatic rings. The first-order valence-electron chi connectivity index (χ1n) is 12.3. The number of fused-ring (bicyclic) bond motifs is 1. The van der Waals surface area contributed by atoms with Gasteiger partial charge in [-0.15, -0.1) is 0 Å². The van der Waals surface area contributed by atoms with Crippen molar-refractivity contribution in [3.05, 3.63) is 66.2 Å². The number of nitrogens with zero attached hydrogens (tertiary/aromatic N) is 5. The molecule has 9 nitrogen and oxygen atoms in total. The smallest absolute Gasteiger partial charge is 0.371 e. The fourth-order valence-corrected chi connectivity index (χ4v) is 4.57. The number of likely N-dealkylation sites (tertiary alicyclic amines) is 1. The van der Waals surface area contributed by atoms with E-state index in [1.165, 1.54) is 6.33 Å². The van der Waals surface area contributed by atoms with Crippen molar-refractivity contribution < 1.29 is 18.0 Å². The average Bonchev–Trinajstić information content (AvgIpc) is 3.57. The Morgan fingerprint density at radius 3 is 2.42 bits per heavy atom. The van der Waals surface area contributed by atoms with Crippen molar-refractivity contribution in [2.75, 3.05) is 42.6 Å². The maximum Gasteiger partial charge on any atom is 0.416 e. The minimum Gasteiger partial charge on any atom is -0.371 e. The van der Waals surface area contributed by atoms with Gasteiger partial charge in [-0.05, 0) is 80.4 Å². The molecule has 4 aromatic rings. The monoisotopic (exact) mass is 524 g/mol. The van der Waals surface area contributed by atoms with Crippen LogP contribution in [0.15, 0.2) is 55.1 Å². The van der Waals surface area contributed by atoms with E-state index < -0.39 is 17.8 Å². The topological polar surface area (TPSA) is 100 Å². The number of alkyl halides is 3. The second-order valence-electron chi connectivity index (χ2n) is 9.10. The number of hydrogen-bond acceptors (Lipinski definition) is 6. The lowest BCUT2D eigenvalue weighted by atomic mass is 10.1. The van der Waals surface area contributed by atoms with E-state index in [1.54, 1.807) is 48.3 Å². The zero-order chi connectivity index (χ0) is 26.7. The lowest BCUT2D eigenvalue weighted by Crippen LogP contribution is -2.22. The standard InChI is InChI=1S/C26H27F3N8O/c1-30-23-22-24(32-15-31-23)37(16-33-22)21-6-4-19(5-7-21)34-25(38)35-20-13-17(8-11-36-9-2-3-10-36)12-18(14-20)26(27,28)29/h4-7,12-16H,2-3,8-11H2,1H3,(H,30,31,32)(H2,34,35,38). The van der Waals surface area contributed by atoms with Crippen LogP contribution in [-0.4, -0.2) is 57.1 Å². The van der Waals surface area contributed by atoms with Crippen LogP contribution in [0.5, 0.6) is 0 Å². The largest absolute Gasteiger partial charge is 0.416 e. The van der Waals surface area contributed by atoms with Gasteiger partial charge < -0.3 is 20.9 Å². The van der Waals surface area contributed by atoms with Gasteiger partial charge in [0.05, 0.1) is 5.56 Å². The molecule has 12 heteroatoms. The summed E-state index contributed by atoms with van der Waals surface area (Å²) in [4.78, 5) is 27.7. The number of amides is 2. The highest BCUT2D eigenvalue weighted by atomic mass is 19.4. The van der Waals surface area contributed by atoms with Crippen molar-refractivity contribution in [3.8, 4) is 5.69 Å². The summed E-state index contributed by atoms with van der Waals surface area (Å²) in [6, 6.07) is 10.00. The summed E-state index contributed by atoms with van der Waals surface area (Å²) in [5.41, 5.74) is 2.32. The zero-order valence-corrected chi connectivity index (χ0v) is 20.7. The Bertz CT molecular complexity index is 1430. The Kier molecular flexibility index (Phi) is 7.14. The van der Waals surface area contributed by atoms with Gasteiger partial charge in [-0.25, -0.2) is 19.7 Å². The SMILES string of the molecule is CNc1ncnc2c1ncn2-c1ccc(NC(=O)Nc2cc(CCN3CCCC3)cc(C(F)(F)F)c2)cc1. The van der Waals surface area contributed by atoms with Crippen LogP contribution in [-0.2, 0) is 12.6 Å². The molecule has 2 amide bonds. The number of urea groups is 1. The molecule has 2 aromatic carbocycles. The van der Waals surface area contributed by atoms with Gasteiger partial charge in [0, 0.05) is 30.7 Å². The minimum atomic E-state index is -4.51. The highest BCUT2D eigenvalue weighted by Gasteiger charge is 2.31. The van der Waals surface area contributed by atoms with Crippen molar-refractivity contribution in [1.29, 1.82) is 0 Å². The van der Waals surface area contributed by atoms with E-state index in [4.69, 9.17) is 0 Å². The second kappa shape index (κ2) is 10.7. The highest BCUT2D eigenvalue weighted by molar-refractivity contribution is 6.00. The number of carbonyl (C=O) groups is 1. The van der Waals surface area contributed by atoms with Crippen LogP contribution in [0.2, 0.25) is 0 Å². The molecule has 1 aliphatic heterocycles. The third-order valence-electron chi connectivity index (χ3n) is 6.47. The highest BCUT2D eigenvalue weighted by Crippen LogP contribution is 2.32. The van der Waals surface area contributed by atoms with Crippen LogP contribution in [0.3, 0.4) is 0 Å². The predicted molar refractivity (Wildman–Crippen MR) is 140 cm³/mol. The van der Waals surface area contributed by atoms with Crippen LogP contribution in [0, 0.1) is 0 Å². The zero-order valence-electron chi connectivity index (χ0n) is 20.7. The van der Waals surface area contributed by atoms with E-state index >= 15 is 0 Å². The molecular formula is C26H27F3N8O.